The van der Waals surface area contributed by atoms with Crippen LogP contribution < -0.4 is 14.2 Å². The molecule has 0 spiro atoms. The Bertz CT molecular complexity index is 747. The Morgan fingerprint density at radius 3 is 2.78 bits per heavy atom. The molecule has 0 radical (unpaired) electrons. The van der Waals surface area contributed by atoms with Crippen LogP contribution in [0.1, 0.15) is 27.8 Å². The lowest BCUT2D eigenvalue weighted by Gasteiger charge is -2.12. The van der Waals surface area contributed by atoms with Crippen molar-refractivity contribution < 1.29 is 23.7 Å². The minimum Gasteiger partial charge on any atom is -0.465 e. The number of rotatable bonds is 4. The summed E-state index contributed by atoms with van der Waals surface area (Å²) >= 11 is 3.43. The Kier molecular flexibility index (Phi) is 4.38. The Labute approximate surface area is 141 Å². The number of hydrogen-bond donors (Lipinski definition) is 0. The number of ether oxygens (including phenoxy) is 4. The number of fused-ring (bicyclic) bond motifs is 1. The lowest BCUT2D eigenvalue weighted by atomic mass is 10.1. The van der Waals surface area contributed by atoms with Crippen LogP contribution in [0.2, 0.25) is 0 Å². The minimum absolute atomic E-state index is 0.128. The van der Waals surface area contributed by atoms with E-state index in [0.29, 0.717) is 34.4 Å². The number of halogens is 1. The van der Waals surface area contributed by atoms with Crippen molar-refractivity contribution in [3.05, 3.63) is 41.6 Å². The Hall–Kier alpha value is -2.28. The molecule has 3 rings (SSSR count). The Morgan fingerprint density at radius 2 is 2.04 bits per heavy atom. The van der Waals surface area contributed by atoms with Gasteiger partial charge in [-0.2, -0.15) is 0 Å². The molecular weight excluding hydrogens is 366 g/mol. The van der Waals surface area contributed by atoms with Crippen LogP contribution in [-0.4, -0.2) is 24.9 Å². The fourth-order valence-electron chi connectivity index (χ4n) is 2.16. The standard InChI is InChI=1S/C16H14BrNO5/c1-9(17)15-11(16(19)20-2)4-6-14(18-15)23-10-3-5-12-13(7-10)22-8-21-12/h3-7,9H,8H2,1-2H3. The van der Waals surface area contributed by atoms with E-state index in [1.165, 1.54) is 7.11 Å². The molecule has 1 aromatic carbocycles. The van der Waals surface area contributed by atoms with Gasteiger partial charge in [-0.15, -0.1) is 0 Å². The normalized spacial score (nSPS) is 13.5. The molecule has 1 aromatic heterocycles. The molecule has 0 N–H and O–H groups in total. The molecule has 1 unspecified atom stereocenters. The van der Waals surface area contributed by atoms with E-state index in [2.05, 4.69) is 20.9 Å². The average Bonchev–Trinajstić information content (AvgIpc) is 3.01. The van der Waals surface area contributed by atoms with Gasteiger partial charge in [0.1, 0.15) is 5.75 Å². The molecule has 0 saturated heterocycles. The van der Waals surface area contributed by atoms with Crippen molar-refractivity contribution in [2.45, 2.75) is 11.8 Å². The predicted octanol–water partition coefficient (Wildman–Crippen LogP) is 3.85. The van der Waals surface area contributed by atoms with E-state index in [9.17, 15) is 4.79 Å². The van der Waals surface area contributed by atoms with Gasteiger partial charge in [0.2, 0.25) is 12.7 Å². The highest BCUT2D eigenvalue weighted by molar-refractivity contribution is 9.09. The summed E-state index contributed by atoms with van der Waals surface area (Å²) in [5, 5.41) is 0. The first-order valence-corrected chi connectivity index (χ1v) is 7.81. The maximum Gasteiger partial charge on any atom is 0.339 e. The van der Waals surface area contributed by atoms with Crippen molar-refractivity contribution in [3.8, 4) is 23.1 Å². The van der Waals surface area contributed by atoms with Gasteiger partial charge in [-0.25, -0.2) is 9.78 Å². The summed E-state index contributed by atoms with van der Waals surface area (Å²) in [4.78, 5) is 16.0. The molecular formula is C16H14BrNO5. The number of carbonyl (C=O) groups excluding carboxylic acids is 1. The maximum atomic E-state index is 11.8. The number of benzene rings is 1. The van der Waals surface area contributed by atoms with Gasteiger partial charge in [0.25, 0.3) is 0 Å². The van der Waals surface area contributed by atoms with Crippen LogP contribution in [0.3, 0.4) is 0 Å². The van der Waals surface area contributed by atoms with Crippen LogP contribution in [0.5, 0.6) is 23.1 Å². The lowest BCUT2D eigenvalue weighted by Crippen LogP contribution is -2.08. The zero-order valence-corrected chi connectivity index (χ0v) is 14.1. The third kappa shape index (κ3) is 3.24. The second kappa shape index (κ2) is 6.45. The van der Waals surface area contributed by atoms with Crippen molar-refractivity contribution in [2.75, 3.05) is 13.9 Å². The van der Waals surface area contributed by atoms with Crippen LogP contribution in [-0.2, 0) is 4.74 Å². The van der Waals surface area contributed by atoms with Crippen LogP contribution in [0.25, 0.3) is 0 Å². The maximum absolute atomic E-state index is 11.8. The van der Waals surface area contributed by atoms with E-state index < -0.39 is 5.97 Å². The fraction of sp³-hybridized carbons (Fsp3) is 0.250. The third-order valence-corrected chi connectivity index (χ3v) is 3.68. The van der Waals surface area contributed by atoms with Gasteiger partial charge in [0, 0.05) is 12.1 Å². The topological polar surface area (TPSA) is 66.9 Å². The summed E-state index contributed by atoms with van der Waals surface area (Å²) in [5.74, 6) is 1.82. The molecule has 1 aliphatic rings. The number of nitrogens with zero attached hydrogens (tertiary/aromatic N) is 1. The molecule has 0 amide bonds. The summed E-state index contributed by atoms with van der Waals surface area (Å²) < 4.78 is 21.1. The number of methoxy groups -OCH3 is 1. The second-order valence-electron chi connectivity index (χ2n) is 4.81. The van der Waals surface area contributed by atoms with Crippen molar-refractivity contribution in [2.24, 2.45) is 0 Å². The number of aromatic nitrogens is 1. The Balaban J connectivity index is 1.88. The zero-order chi connectivity index (χ0) is 16.4. The van der Waals surface area contributed by atoms with E-state index in [1.807, 2.05) is 6.92 Å². The number of esters is 1. The van der Waals surface area contributed by atoms with Crippen LogP contribution >= 0.6 is 15.9 Å². The molecule has 7 heteroatoms. The quantitative estimate of drug-likeness (QED) is 0.593. The van der Waals surface area contributed by atoms with Crippen LogP contribution in [0, 0.1) is 0 Å². The molecule has 1 atom stereocenters. The highest BCUT2D eigenvalue weighted by Gasteiger charge is 2.19. The lowest BCUT2D eigenvalue weighted by molar-refractivity contribution is 0.0599. The first-order chi connectivity index (χ1) is 11.1. The molecule has 2 heterocycles. The summed E-state index contributed by atoms with van der Waals surface area (Å²) in [6.07, 6.45) is 0. The molecule has 2 aromatic rings. The molecule has 0 bridgehead atoms. The molecule has 6 nitrogen and oxygen atoms in total. The van der Waals surface area contributed by atoms with Gasteiger partial charge in [-0.05, 0) is 25.1 Å². The van der Waals surface area contributed by atoms with Crippen LogP contribution in [0.15, 0.2) is 30.3 Å². The first kappa shape index (κ1) is 15.6. The SMILES string of the molecule is COC(=O)c1ccc(Oc2ccc3c(c2)OCO3)nc1C(C)Br. The van der Waals surface area contributed by atoms with Gasteiger partial charge >= 0.3 is 5.97 Å². The van der Waals surface area contributed by atoms with Gasteiger partial charge < -0.3 is 18.9 Å². The zero-order valence-electron chi connectivity index (χ0n) is 12.5. The summed E-state index contributed by atoms with van der Waals surface area (Å²) in [6, 6.07) is 8.52. The number of carbonyl (C=O) groups is 1. The molecule has 23 heavy (non-hydrogen) atoms. The predicted molar refractivity (Wildman–Crippen MR) is 85.6 cm³/mol. The van der Waals surface area contributed by atoms with E-state index in [0.717, 1.165) is 0 Å². The smallest absolute Gasteiger partial charge is 0.339 e. The van der Waals surface area contributed by atoms with Crippen molar-refractivity contribution in [1.29, 1.82) is 0 Å². The van der Waals surface area contributed by atoms with Gasteiger partial charge in [0.15, 0.2) is 11.5 Å². The first-order valence-electron chi connectivity index (χ1n) is 6.89. The number of hydrogen-bond acceptors (Lipinski definition) is 6. The van der Waals surface area contributed by atoms with Crippen molar-refractivity contribution in [1.82, 2.24) is 4.98 Å². The number of pyridine rings is 1. The van der Waals surface area contributed by atoms with Gasteiger partial charge in [-0.3, -0.25) is 0 Å². The van der Waals surface area contributed by atoms with E-state index in [1.54, 1.807) is 30.3 Å². The van der Waals surface area contributed by atoms with Crippen molar-refractivity contribution in [3.63, 3.8) is 0 Å². The van der Waals surface area contributed by atoms with Crippen molar-refractivity contribution >= 4 is 21.9 Å². The summed E-state index contributed by atoms with van der Waals surface area (Å²) in [7, 11) is 1.34. The van der Waals surface area contributed by atoms with Gasteiger partial charge in [-0.1, -0.05) is 15.9 Å². The molecule has 1 aliphatic heterocycles. The highest BCUT2D eigenvalue weighted by Crippen LogP contribution is 2.36. The van der Waals surface area contributed by atoms with E-state index >= 15 is 0 Å². The molecule has 0 aliphatic carbocycles. The van der Waals surface area contributed by atoms with Crippen LogP contribution in [0.4, 0.5) is 0 Å². The third-order valence-electron chi connectivity index (χ3n) is 3.25. The fourth-order valence-corrected chi connectivity index (χ4v) is 2.51. The summed E-state index contributed by atoms with van der Waals surface area (Å²) in [6.45, 7) is 2.08. The Morgan fingerprint density at radius 1 is 1.26 bits per heavy atom. The summed E-state index contributed by atoms with van der Waals surface area (Å²) in [5.41, 5.74) is 0.949. The van der Waals surface area contributed by atoms with Gasteiger partial charge in [0.05, 0.1) is 23.2 Å². The second-order valence-corrected chi connectivity index (χ2v) is 6.18. The number of alkyl halides is 1. The molecule has 120 valence electrons. The van der Waals surface area contributed by atoms with E-state index in [4.69, 9.17) is 18.9 Å². The van der Waals surface area contributed by atoms with E-state index in [-0.39, 0.29) is 11.6 Å². The largest absolute Gasteiger partial charge is 0.465 e. The molecule has 0 fully saturated rings. The molecule has 0 saturated carbocycles. The minimum atomic E-state index is -0.437. The average molecular weight is 380 g/mol. The monoisotopic (exact) mass is 379 g/mol. The highest BCUT2D eigenvalue weighted by atomic mass is 79.9.